The number of pyridine rings is 1. The van der Waals surface area contributed by atoms with Crippen LogP contribution in [0.4, 0.5) is 4.79 Å². The molecule has 7 atom stereocenters. The second-order valence-electron chi connectivity index (χ2n) is 14.9. The molecule has 0 spiro atoms. The van der Waals surface area contributed by atoms with Crippen molar-refractivity contribution in [3.8, 4) is 11.1 Å². The molecule has 0 aliphatic carbocycles. The van der Waals surface area contributed by atoms with Crippen molar-refractivity contribution in [2.24, 2.45) is 17.8 Å². The highest BCUT2D eigenvalue weighted by atomic mass is 16.6. The Labute approximate surface area is 295 Å². The molecule has 8 heteroatoms. The van der Waals surface area contributed by atoms with Crippen LogP contribution in [-0.4, -0.2) is 74.9 Å². The normalized spacial score (nSPS) is 25.2. The van der Waals surface area contributed by atoms with E-state index < -0.39 is 29.7 Å². The van der Waals surface area contributed by atoms with Crippen molar-refractivity contribution >= 4 is 23.0 Å². The van der Waals surface area contributed by atoms with Gasteiger partial charge in [-0.2, -0.15) is 0 Å². The predicted octanol–water partition coefficient (Wildman–Crippen LogP) is 7.94. The van der Waals surface area contributed by atoms with Gasteiger partial charge in [-0.05, 0) is 92.8 Å². The van der Waals surface area contributed by atoms with Crippen molar-refractivity contribution in [3.63, 3.8) is 0 Å². The smallest absolute Gasteiger partial charge is 0.410 e. The number of aliphatic hydroxyl groups excluding tert-OH is 1. The van der Waals surface area contributed by atoms with Gasteiger partial charge in [0.05, 0.1) is 17.5 Å². The Balaban J connectivity index is 0.000000177. The maximum atomic E-state index is 12.4. The van der Waals surface area contributed by atoms with E-state index in [1.165, 1.54) is 11.3 Å². The zero-order chi connectivity index (χ0) is 35.4. The lowest BCUT2D eigenvalue weighted by molar-refractivity contribution is -0.144. The molecule has 5 heterocycles. The number of likely N-dealkylation sites (tertiary alicyclic amines) is 1. The van der Waals surface area contributed by atoms with Gasteiger partial charge in [0, 0.05) is 43.2 Å². The Bertz CT molecular complexity index is 1800. The molecule has 4 aromatic rings. The molecular weight excluding hydrogens is 626 g/mol. The molecular formula is C42H49N3O5. The highest BCUT2D eigenvalue weighted by Gasteiger charge is 2.42. The lowest BCUT2D eigenvalue weighted by Crippen LogP contribution is -2.54. The van der Waals surface area contributed by atoms with Gasteiger partial charge in [-0.1, -0.05) is 78.9 Å². The lowest BCUT2D eigenvalue weighted by Gasteiger charge is -2.50. The van der Waals surface area contributed by atoms with E-state index in [9.17, 15) is 19.8 Å². The summed E-state index contributed by atoms with van der Waals surface area (Å²) in [7, 11) is 0. The number of carboxylic acid groups (broad SMARTS) is 1. The van der Waals surface area contributed by atoms with Gasteiger partial charge < -0.3 is 19.8 Å². The van der Waals surface area contributed by atoms with E-state index >= 15 is 0 Å². The summed E-state index contributed by atoms with van der Waals surface area (Å²) < 4.78 is 5.42. The van der Waals surface area contributed by atoms with Gasteiger partial charge in [-0.25, -0.2) is 4.79 Å². The third-order valence-electron chi connectivity index (χ3n) is 10.5. The summed E-state index contributed by atoms with van der Waals surface area (Å²) in [6, 6.07) is 28.4. The molecule has 4 aliphatic heterocycles. The van der Waals surface area contributed by atoms with Crippen LogP contribution in [0.5, 0.6) is 0 Å². The number of para-hydroxylation sites is 1. The van der Waals surface area contributed by atoms with Crippen LogP contribution in [0.2, 0.25) is 0 Å². The number of nitrogens with zero attached hydrogens (tertiary/aromatic N) is 3. The van der Waals surface area contributed by atoms with Gasteiger partial charge in [-0.3, -0.25) is 14.7 Å². The molecule has 1 amide bonds. The van der Waals surface area contributed by atoms with Crippen molar-refractivity contribution in [2.75, 3.05) is 26.2 Å². The number of fused-ring (bicyclic) bond motifs is 4. The van der Waals surface area contributed by atoms with Gasteiger partial charge in [0.15, 0.2) is 0 Å². The Morgan fingerprint density at radius 2 is 1.68 bits per heavy atom. The first kappa shape index (κ1) is 35.3. The minimum atomic E-state index is -0.886. The van der Waals surface area contributed by atoms with E-state index in [4.69, 9.17) is 4.74 Å². The summed E-state index contributed by atoms with van der Waals surface area (Å²) in [4.78, 5) is 32.7. The zero-order valence-corrected chi connectivity index (χ0v) is 29.3. The Morgan fingerprint density at radius 1 is 0.940 bits per heavy atom. The fraction of sp³-hybridized carbons (Fsp3) is 0.405. The molecule has 0 radical (unpaired) electrons. The largest absolute Gasteiger partial charge is 0.481 e. The first-order valence-corrected chi connectivity index (χ1v) is 17.8. The van der Waals surface area contributed by atoms with Crippen molar-refractivity contribution in [3.05, 3.63) is 115 Å². The Morgan fingerprint density at radius 3 is 2.38 bits per heavy atom. The number of benzene rings is 3. The minimum absolute atomic E-state index is 0.139. The fourth-order valence-electron chi connectivity index (χ4n) is 7.96. The standard InChI is InChI=1S/C23H27NO4.C19H22N2O/c1-23(2,3)28-22(27)24-13-12-19(20(15-24)21(25)26)18-11-7-10-17(14-18)16-8-5-4-6-9-16;1-2-13-12-21-10-8-14(13)11-18(21)19(22)16-7-9-20-17-6-4-3-5-15(16)17/h4-11,14,19-20H,12-13,15H2,1-3H3,(H,25,26);2-7,9,13-14,18-19,22H,1,8,10-12H2/t19-,20+;13-,14-,18-,19+/m10/s1. The molecule has 0 saturated carbocycles. The van der Waals surface area contributed by atoms with Gasteiger partial charge in [0.2, 0.25) is 0 Å². The number of ether oxygens (including phenoxy) is 1. The van der Waals surface area contributed by atoms with Gasteiger partial charge in [0.25, 0.3) is 0 Å². The molecule has 1 aromatic heterocycles. The van der Waals surface area contributed by atoms with E-state index in [1.54, 1.807) is 20.8 Å². The summed E-state index contributed by atoms with van der Waals surface area (Å²) in [5, 5.41) is 21.9. The second-order valence-corrected chi connectivity index (χ2v) is 14.9. The molecule has 4 saturated heterocycles. The van der Waals surface area contributed by atoms with E-state index in [1.807, 2.05) is 79.0 Å². The number of piperidine rings is 4. The lowest BCUT2D eigenvalue weighted by atomic mass is 9.73. The molecule has 2 N–H and O–H groups in total. The third-order valence-corrected chi connectivity index (χ3v) is 10.5. The predicted molar refractivity (Wildman–Crippen MR) is 197 cm³/mol. The number of hydrogen-bond donors (Lipinski definition) is 2. The highest BCUT2D eigenvalue weighted by molar-refractivity contribution is 5.82. The SMILES string of the molecule is C=C[C@H]1CN2CC[C@H]1C[C@H]2[C@H](O)c1ccnc2ccccc12.CC(C)(C)OC(=O)N1CC[C@H](c2cccc(-c3ccccc3)c2)[C@@H](C(=O)O)C1. The topological polar surface area (TPSA) is 103 Å². The maximum Gasteiger partial charge on any atom is 0.410 e. The number of aliphatic hydroxyl groups is 1. The van der Waals surface area contributed by atoms with Crippen LogP contribution in [-0.2, 0) is 9.53 Å². The summed E-state index contributed by atoms with van der Waals surface area (Å²) in [6.07, 6.45) is 5.90. The third kappa shape index (κ3) is 7.92. The minimum Gasteiger partial charge on any atom is -0.481 e. The average molecular weight is 676 g/mol. The van der Waals surface area contributed by atoms with Crippen LogP contribution in [0.25, 0.3) is 22.0 Å². The first-order chi connectivity index (χ1) is 24.0. The second kappa shape index (κ2) is 15.2. The average Bonchev–Trinajstić information content (AvgIpc) is 3.14. The quantitative estimate of drug-likeness (QED) is 0.200. The molecule has 1 unspecified atom stereocenters. The van der Waals surface area contributed by atoms with Crippen LogP contribution >= 0.6 is 0 Å². The van der Waals surface area contributed by atoms with Crippen LogP contribution in [0.3, 0.4) is 0 Å². The summed E-state index contributed by atoms with van der Waals surface area (Å²) >= 11 is 0. The van der Waals surface area contributed by atoms with Crippen molar-refractivity contribution in [1.82, 2.24) is 14.8 Å². The molecule has 262 valence electrons. The van der Waals surface area contributed by atoms with Crippen molar-refractivity contribution < 1.29 is 24.5 Å². The summed E-state index contributed by atoms with van der Waals surface area (Å²) in [5.41, 5.74) is 4.53. The summed E-state index contributed by atoms with van der Waals surface area (Å²) in [5.74, 6) is -0.419. The summed E-state index contributed by atoms with van der Waals surface area (Å²) in [6.45, 7) is 12.2. The first-order valence-electron chi connectivity index (χ1n) is 17.8. The van der Waals surface area contributed by atoms with Crippen molar-refractivity contribution in [2.45, 2.75) is 63.7 Å². The van der Waals surface area contributed by atoms with Gasteiger partial charge in [-0.15, -0.1) is 6.58 Å². The van der Waals surface area contributed by atoms with Gasteiger partial charge in [0.1, 0.15) is 5.60 Å². The number of rotatable bonds is 6. The number of aliphatic carboxylic acids is 1. The zero-order valence-electron chi connectivity index (χ0n) is 29.3. The highest BCUT2D eigenvalue weighted by Crippen LogP contribution is 2.42. The Hall–Kier alpha value is -4.53. The monoisotopic (exact) mass is 675 g/mol. The van der Waals surface area contributed by atoms with Gasteiger partial charge >= 0.3 is 12.1 Å². The number of amides is 1. The molecule has 8 rings (SSSR count). The number of carbonyl (C=O) groups is 2. The number of carboxylic acids is 1. The van der Waals surface area contributed by atoms with Crippen LogP contribution < -0.4 is 0 Å². The molecule has 3 aromatic carbocycles. The number of hydrogen-bond acceptors (Lipinski definition) is 6. The van der Waals surface area contributed by atoms with Crippen LogP contribution in [0.15, 0.2) is 104 Å². The van der Waals surface area contributed by atoms with Crippen LogP contribution in [0, 0.1) is 17.8 Å². The molecule has 8 nitrogen and oxygen atoms in total. The van der Waals surface area contributed by atoms with Crippen molar-refractivity contribution in [1.29, 1.82) is 0 Å². The van der Waals surface area contributed by atoms with Crippen LogP contribution in [0.1, 0.15) is 63.2 Å². The molecule has 2 bridgehead atoms. The fourth-order valence-corrected chi connectivity index (χ4v) is 7.96. The Kier molecular flexibility index (Phi) is 10.7. The molecule has 50 heavy (non-hydrogen) atoms. The maximum absolute atomic E-state index is 12.4. The van der Waals surface area contributed by atoms with E-state index in [0.717, 1.165) is 52.7 Å². The molecule has 4 aliphatic rings. The van der Waals surface area contributed by atoms with E-state index in [2.05, 4.69) is 34.7 Å². The number of carbonyl (C=O) groups excluding carboxylic acids is 1. The van der Waals surface area contributed by atoms with E-state index in [-0.39, 0.29) is 18.5 Å². The van der Waals surface area contributed by atoms with E-state index in [0.29, 0.717) is 24.8 Å². The molecule has 4 fully saturated rings. The number of aromatic nitrogens is 1.